The van der Waals surface area contributed by atoms with Crippen molar-refractivity contribution in [1.82, 2.24) is 20.1 Å². The van der Waals surface area contributed by atoms with Crippen molar-refractivity contribution in [3.8, 4) is 0 Å². The van der Waals surface area contributed by atoms with Gasteiger partial charge in [0.05, 0.1) is 6.10 Å². The Kier molecular flexibility index (Phi) is 5.20. The summed E-state index contributed by atoms with van der Waals surface area (Å²) in [4.78, 5) is 12.6. The van der Waals surface area contributed by atoms with E-state index in [1.54, 1.807) is 13.4 Å². The molecule has 2 saturated carbocycles. The molecule has 1 aromatic rings. The van der Waals surface area contributed by atoms with Gasteiger partial charge >= 0.3 is 0 Å². The average Bonchev–Trinajstić information content (AvgIpc) is 3.18. The van der Waals surface area contributed by atoms with E-state index >= 15 is 0 Å². The normalized spacial score (nSPS) is 29.5. The summed E-state index contributed by atoms with van der Waals surface area (Å²) >= 11 is 0. The number of nitrogens with zero attached hydrogens (tertiary/aromatic N) is 3. The van der Waals surface area contributed by atoms with Crippen LogP contribution in [0.1, 0.15) is 56.7 Å². The van der Waals surface area contributed by atoms with Crippen molar-refractivity contribution in [3.63, 3.8) is 0 Å². The van der Waals surface area contributed by atoms with Crippen molar-refractivity contribution in [2.24, 2.45) is 13.0 Å². The molecular formula is C17H28N4O3. The molecule has 0 unspecified atom stereocenters. The number of aliphatic hydroxyl groups is 1. The number of aliphatic hydroxyl groups excluding tert-OH is 1. The van der Waals surface area contributed by atoms with Gasteiger partial charge in [0.15, 0.2) is 0 Å². The number of methoxy groups -OCH3 is 1. The van der Waals surface area contributed by atoms with Gasteiger partial charge in [0.25, 0.3) is 5.91 Å². The number of ether oxygens (including phenoxy) is 1. The largest absolute Gasteiger partial charge is 0.393 e. The van der Waals surface area contributed by atoms with Gasteiger partial charge in [-0.05, 0) is 25.7 Å². The van der Waals surface area contributed by atoms with E-state index in [1.165, 1.54) is 6.42 Å². The molecule has 0 saturated heterocycles. The summed E-state index contributed by atoms with van der Waals surface area (Å²) in [5.41, 5.74) is -0.676. The molecule has 3 atom stereocenters. The van der Waals surface area contributed by atoms with E-state index in [2.05, 4.69) is 15.5 Å². The standard InChI is InChI=1S/C17H28N4O3/c1-21-11-19-20-15(21)12-8-13(14(22)9-12)10-18-16(23)17(24-2)6-4-3-5-7-17/h11-14,22H,3-10H2,1-2H3,(H,18,23)/t12-,13+,14+/m0/s1. The summed E-state index contributed by atoms with van der Waals surface area (Å²) in [6.07, 6.45) is 7.53. The molecule has 7 heteroatoms. The van der Waals surface area contributed by atoms with Gasteiger partial charge in [-0.1, -0.05) is 19.3 Å². The predicted molar refractivity (Wildman–Crippen MR) is 88.3 cm³/mol. The Morgan fingerprint density at radius 3 is 2.79 bits per heavy atom. The summed E-state index contributed by atoms with van der Waals surface area (Å²) in [5.74, 6) is 1.12. The second kappa shape index (κ2) is 7.19. The van der Waals surface area contributed by atoms with E-state index in [0.717, 1.165) is 37.9 Å². The van der Waals surface area contributed by atoms with Crippen LogP contribution in [0.3, 0.4) is 0 Å². The van der Waals surface area contributed by atoms with Crippen LogP contribution in [0.15, 0.2) is 6.33 Å². The van der Waals surface area contributed by atoms with Crippen molar-refractivity contribution in [2.75, 3.05) is 13.7 Å². The van der Waals surface area contributed by atoms with Crippen LogP contribution in [0.5, 0.6) is 0 Å². The minimum atomic E-state index is -0.676. The summed E-state index contributed by atoms with van der Waals surface area (Å²) in [6.45, 7) is 0.486. The molecule has 3 rings (SSSR count). The number of hydrogen-bond acceptors (Lipinski definition) is 5. The van der Waals surface area contributed by atoms with Crippen molar-refractivity contribution < 1.29 is 14.6 Å². The zero-order chi connectivity index (χ0) is 17.2. The lowest BCUT2D eigenvalue weighted by Crippen LogP contribution is -2.50. The van der Waals surface area contributed by atoms with E-state index in [0.29, 0.717) is 13.0 Å². The molecule has 1 aromatic heterocycles. The molecule has 0 radical (unpaired) electrons. The summed E-state index contributed by atoms with van der Waals surface area (Å²) in [7, 11) is 3.54. The highest BCUT2D eigenvalue weighted by molar-refractivity contribution is 5.85. The van der Waals surface area contributed by atoms with E-state index in [9.17, 15) is 9.90 Å². The summed E-state index contributed by atoms with van der Waals surface area (Å²) in [6, 6.07) is 0. The fourth-order valence-corrected chi connectivity index (χ4v) is 4.23. The third-order valence-electron chi connectivity index (χ3n) is 5.76. The molecular weight excluding hydrogens is 308 g/mol. The second-order valence-corrected chi connectivity index (χ2v) is 7.26. The SMILES string of the molecule is COC1(C(=O)NC[C@H]2C[C@H](c3nncn3C)C[C@H]2O)CCCCC1. The molecule has 24 heavy (non-hydrogen) atoms. The number of amides is 1. The molecule has 1 amide bonds. The number of aromatic nitrogens is 3. The molecule has 0 spiro atoms. The van der Waals surface area contributed by atoms with Crippen LogP contribution in [0, 0.1) is 5.92 Å². The van der Waals surface area contributed by atoms with Crippen LogP contribution in [-0.4, -0.2) is 51.1 Å². The molecule has 2 aliphatic rings. The Morgan fingerprint density at radius 2 is 2.17 bits per heavy atom. The number of aryl methyl sites for hydroxylation is 1. The molecule has 2 aliphatic carbocycles. The van der Waals surface area contributed by atoms with Crippen LogP contribution in [0.2, 0.25) is 0 Å². The maximum Gasteiger partial charge on any atom is 0.252 e. The quantitative estimate of drug-likeness (QED) is 0.841. The molecule has 0 aromatic carbocycles. The lowest BCUT2D eigenvalue weighted by molar-refractivity contribution is -0.147. The highest BCUT2D eigenvalue weighted by Crippen LogP contribution is 2.37. The summed E-state index contributed by atoms with van der Waals surface area (Å²) < 4.78 is 7.49. The first-order valence-electron chi connectivity index (χ1n) is 8.91. The number of carbonyl (C=O) groups is 1. The second-order valence-electron chi connectivity index (χ2n) is 7.26. The minimum absolute atomic E-state index is 0.0287. The fraction of sp³-hybridized carbons (Fsp3) is 0.824. The summed E-state index contributed by atoms with van der Waals surface area (Å²) in [5, 5.41) is 21.5. The van der Waals surface area contributed by atoms with E-state index in [-0.39, 0.29) is 17.7 Å². The minimum Gasteiger partial charge on any atom is -0.393 e. The predicted octanol–water partition coefficient (Wildman–Crippen LogP) is 1.14. The van der Waals surface area contributed by atoms with Crippen molar-refractivity contribution in [1.29, 1.82) is 0 Å². The first-order chi connectivity index (χ1) is 11.6. The van der Waals surface area contributed by atoms with Gasteiger partial charge in [-0.3, -0.25) is 4.79 Å². The molecule has 7 nitrogen and oxygen atoms in total. The maximum atomic E-state index is 12.6. The van der Waals surface area contributed by atoms with Gasteiger partial charge in [0, 0.05) is 32.5 Å². The van der Waals surface area contributed by atoms with Gasteiger partial charge in [-0.25, -0.2) is 0 Å². The van der Waals surface area contributed by atoms with Crippen LogP contribution >= 0.6 is 0 Å². The van der Waals surface area contributed by atoms with Crippen LogP contribution in [-0.2, 0) is 16.6 Å². The molecule has 0 aliphatic heterocycles. The Bertz CT molecular complexity index is 568. The van der Waals surface area contributed by atoms with Crippen molar-refractivity contribution in [2.45, 2.75) is 62.6 Å². The van der Waals surface area contributed by atoms with Gasteiger partial charge in [-0.15, -0.1) is 10.2 Å². The van der Waals surface area contributed by atoms with Crippen LogP contribution in [0.25, 0.3) is 0 Å². The third kappa shape index (κ3) is 3.32. The Morgan fingerprint density at radius 1 is 1.42 bits per heavy atom. The molecule has 1 heterocycles. The lowest BCUT2D eigenvalue weighted by atomic mass is 9.83. The number of nitrogens with one attached hydrogen (secondary N) is 1. The van der Waals surface area contributed by atoms with Crippen LogP contribution < -0.4 is 5.32 Å². The number of carbonyl (C=O) groups excluding carboxylic acids is 1. The van der Waals surface area contributed by atoms with Gasteiger partial charge in [0.1, 0.15) is 17.8 Å². The highest BCUT2D eigenvalue weighted by Gasteiger charge is 2.41. The maximum absolute atomic E-state index is 12.6. The fourth-order valence-electron chi connectivity index (χ4n) is 4.23. The zero-order valence-electron chi connectivity index (χ0n) is 14.6. The average molecular weight is 336 g/mol. The lowest BCUT2D eigenvalue weighted by Gasteiger charge is -2.34. The van der Waals surface area contributed by atoms with E-state index in [4.69, 9.17) is 4.74 Å². The van der Waals surface area contributed by atoms with E-state index < -0.39 is 11.7 Å². The highest BCUT2D eigenvalue weighted by atomic mass is 16.5. The third-order valence-corrected chi connectivity index (χ3v) is 5.76. The Hall–Kier alpha value is -1.47. The molecule has 0 bridgehead atoms. The Labute approximate surface area is 142 Å². The topological polar surface area (TPSA) is 89.3 Å². The Balaban J connectivity index is 1.56. The molecule has 134 valence electrons. The number of rotatable bonds is 5. The van der Waals surface area contributed by atoms with Crippen molar-refractivity contribution in [3.05, 3.63) is 12.2 Å². The van der Waals surface area contributed by atoms with Crippen molar-refractivity contribution >= 4 is 5.91 Å². The number of hydrogen-bond donors (Lipinski definition) is 2. The van der Waals surface area contributed by atoms with Gasteiger partial charge in [0.2, 0.25) is 0 Å². The molecule has 2 N–H and O–H groups in total. The van der Waals surface area contributed by atoms with Crippen LogP contribution in [0.4, 0.5) is 0 Å². The van der Waals surface area contributed by atoms with Gasteiger partial charge in [-0.2, -0.15) is 0 Å². The first kappa shape index (κ1) is 17.4. The first-order valence-corrected chi connectivity index (χ1v) is 8.91. The zero-order valence-corrected chi connectivity index (χ0v) is 14.6. The van der Waals surface area contributed by atoms with Gasteiger partial charge < -0.3 is 19.7 Å². The van der Waals surface area contributed by atoms with E-state index in [1.807, 2.05) is 11.6 Å². The monoisotopic (exact) mass is 336 g/mol. The molecule has 2 fully saturated rings. The smallest absolute Gasteiger partial charge is 0.252 e.